The molecule has 0 amide bonds. The second-order valence-corrected chi connectivity index (χ2v) is 6.42. The van der Waals surface area contributed by atoms with Crippen LogP contribution in [0.15, 0.2) is 33.5 Å². The fourth-order valence-electron chi connectivity index (χ4n) is 2.96. The van der Waals surface area contributed by atoms with E-state index in [9.17, 15) is 9.59 Å². The van der Waals surface area contributed by atoms with Gasteiger partial charge >= 0.3 is 11.6 Å². The number of anilines is 1. The van der Waals surface area contributed by atoms with E-state index < -0.39 is 11.6 Å². The van der Waals surface area contributed by atoms with Crippen LogP contribution in [0.2, 0.25) is 0 Å². The van der Waals surface area contributed by atoms with Crippen LogP contribution in [-0.4, -0.2) is 17.6 Å². The van der Waals surface area contributed by atoms with Crippen LogP contribution in [0.5, 0.6) is 0 Å². The molecule has 0 aliphatic heterocycles. The normalized spacial score (nSPS) is 10.9. The maximum atomic E-state index is 11.6. The molecule has 0 spiro atoms. The van der Waals surface area contributed by atoms with Gasteiger partial charge in [0.05, 0.1) is 6.42 Å². The summed E-state index contributed by atoms with van der Waals surface area (Å²) >= 11 is 0. The minimum Gasteiger partial charge on any atom is -0.481 e. The van der Waals surface area contributed by atoms with E-state index in [1.54, 1.807) is 6.07 Å². The van der Waals surface area contributed by atoms with Crippen molar-refractivity contribution in [1.82, 2.24) is 0 Å². The Morgan fingerprint density at radius 1 is 1.08 bits per heavy atom. The van der Waals surface area contributed by atoms with E-state index in [0.29, 0.717) is 16.5 Å². The van der Waals surface area contributed by atoms with Gasteiger partial charge in [-0.1, -0.05) is 45.4 Å². The molecule has 1 heterocycles. The Kier molecular flexibility index (Phi) is 7.51. The molecule has 136 valence electrons. The van der Waals surface area contributed by atoms with Crippen LogP contribution in [0.1, 0.15) is 57.4 Å². The van der Waals surface area contributed by atoms with Crippen LogP contribution in [0.3, 0.4) is 0 Å². The van der Waals surface area contributed by atoms with Gasteiger partial charge in [0.25, 0.3) is 0 Å². The van der Waals surface area contributed by atoms with Crippen molar-refractivity contribution in [2.75, 3.05) is 11.9 Å². The molecule has 2 aromatic rings. The van der Waals surface area contributed by atoms with E-state index in [1.807, 2.05) is 12.1 Å². The number of carboxylic acid groups (broad SMARTS) is 1. The number of rotatable bonds is 11. The Hall–Kier alpha value is -2.30. The van der Waals surface area contributed by atoms with E-state index in [-0.39, 0.29) is 6.42 Å². The van der Waals surface area contributed by atoms with E-state index >= 15 is 0 Å². The molecule has 1 aromatic heterocycles. The number of unbranched alkanes of at least 4 members (excludes halogenated alkanes) is 6. The summed E-state index contributed by atoms with van der Waals surface area (Å²) in [5.41, 5.74) is 1.27. The zero-order valence-electron chi connectivity index (χ0n) is 14.8. The van der Waals surface area contributed by atoms with Gasteiger partial charge in [-0.25, -0.2) is 4.79 Å². The van der Waals surface area contributed by atoms with Crippen LogP contribution in [-0.2, 0) is 11.2 Å². The SMILES string of the molecule is CCCCCCCCCNc1ccc2c(CC(=O)O)cc(=O)oc2c1. The molecule has 2 rings (SSSR count). The van der Waals surface area contributed by atoms with Gasteiger partial charge in [-0.15, -0.1) is 0 Å². The third kappa shape index (κ3) is 6.25. The molecule has 0 fully saturated rings. The smallest absolute Gasteiger partial charge is 0.336 e. The highest BCUT2D eigenvalue weighted by Crippen LogP contribution is 2.22. The van der Waals surface area contributed by atoms with Gasteiger partial charge in [0, 0.05) is 29.8 Å². The van der Waals surface area contributed by atoms with Crippen molar-refractivity contribution in [3.8, 4) is 0 Å². The maximum absolute atomic E-state index is 11.6. The van der Waals surface area contributed by atoms with Crippen molar-refractivity contribution in [3.05, 3.63) is 40.2 Å². The Labute approximate surface area is 148 Å². The van der Waals surface area contributed by atoms with Crippen LogP contribution in [0.25, 0.3) is 11.0 Å². The Morgan fingerprint density at radius 2 is 1.80 bits per heavy atom. The summed E-state index contributed by atoms with van der Waals surface area (Å²) in [5.74, 6) is -0.965. The zero-order chi connectivity index (χ0) is 18.1. The number of nitrogens with one attached hydrogen (secondary N) is 1. The summed E-state index contributed by atoms with van der Waals surface area (Å²) in [4.78, 5) is 22.6. The lowest BCUT2D eigenvalue weighted by Gasteiger charge is -2.08. The maximum Gasteiger partial charge on any atom is 0.336 e. The van der Waals surface area contributed by atoms with Gasteiger partial charge in [0.15, 0.2) is 0 Å². The summed E-state index contributed by atoms with van der Waals surface area (Å²) in [6.07, 6.45) is 8.63. The van der Waals surface area contributed by atoms with Crippen LogP contribution >= 0.6 is 0 Å². The van der Waals surface area contributed by atoms with Gasteiger partial charge < -0.3 is 14.8 Å². The predicted octanol–water partition coefficient (Wildman–Crippen LogP) is 4.58. The zero-order valence-corrected chi connectivity index (χ0v) is 14.8. The van der Waals surface area contributed by atoms with Crippen molar-refractivity contribution in [1.29, 1.82) is 0 Å². The summed E-state index contributed by atoms with van der Waals surface area (Å²) in [6, 6.07) is 6.73. The highest BCUT2D eigenvalue weighted by molar-refractivity contribution is 5.86. The molecule has 5 heteroatoms. The summed E-state index contributed by atoms with van der Waals surface area (Å²) in [5, 5.41) is 13.0. The third-order valence-electron chi connectivity index (χ3n) is 4.28. The Balaban J connectivity index is 1.90. The molecule has 0 radical (unpaired) electrons. The molecule has 5 nitrogen and oxygen atoms in total. The lowest BCUT2D eigenvalue weighted by atomic mass is 10.1. The molecular formula is C20H27NO4. The molecule has 0 aliphatic carbocycles. The Morgan fingerprint density at radius 3 is 2.52 bits per heavy atom. The summed E-state index contributed by atoms with van der Waals surface area (Å²) < 4.78 is 5.22. The van der Waals surface area contributed by atoms with Crippen LogP contribution < -0.4 is 10.9 Å². The van der Waals surface area contributed by atoms with Gasteiger partial charge in [0.1, 0.15) is 5.58 Å². The number of carboxylic acids is 1. The molecule has 0 bridgehead atoms. The number of aliphatic carboxylic acids is 1. The Bertz CT molecular complexity index is 751. The minimum absolute atomic E-state index is 0.188. The lowest BCUT2D eigenvalue weighted by Crippen LogP contribution is -2.07. The van der Waals surface area contributed by atoms with Crippen molar-refractivity contribution in [3.63, 3.8) is 0 Å². The molecule has 0 saturated heterocycles. The largest absolute Gasteiger partial charge is 0.481 e. The predicted molar refractivity (Wildman–Crippen MR) is 100 cm³/mol. The number of fused-ring (bicyclic) bond motifs is 1. The highest BCUT2D eigenvalue weighted by atomic mass is 16.4. The fraction of sp³-hybridized carbons (Fsp3) is 0.500. The minimum atomic E-state index is -0.965. The monoisotopic (exact) mass is 345 g/mol. The summed E-state index contributed by atoms with van der Waals surface area (Å²) in [7, 11) is 0. The first-order chi connectivity index (χ1) is 12.1. The first kappa shape index (κ1) is 19.0. The number of hydrogen-bond donors (Lipinski definition) is 2. The molecule has 1 aromatic carbocycles. The number of carbonyl (C=O) groups is 1. The number of benzene rings is 1. The van der Waals surface area contributed by atoms with Crippen molar-refractivity contribution < 1.29 is 14.3 Å². The third-order valence-corrected chi connectivity index (χ3v) is 4.28. The second-order valence-electron chi connectivity index (χ2n) is 6.42. The van der Waals surface area contributed by atoms with Gasteiger partial charge in [-0.3, -0.25) is 4.79 Å². The van der Waals surface area contributed by atoms with E-state index in [4.69, 9.17) is 9.52 Å². The van der Waals surface area contributed by atoms with E-state index in [2.05, 4.69) is 12.2 Å². The van der Waals surface area contributed by atoms with Crippen molar-refractivity contribution in [2.45, 2.75) is 58.3 Å². The van der Waals surface area contributed by atoms with Gasteiger partial charge in [0.2, 0.25) is 0 Å². The molecule has 2 N–H and O–H groups in total. The molecule has 25 heavy (non-hydrogen) atoms. The standard InChI is InChI=1S/C20H27NO4/c1-2-3-4-5-6-7-8-11-21-16-9-10-17-15(12-19(22)23)13-20(24)25-18(17)14-16/h9-10,13-14,21H,2-8,11-12H2,1H3,(H,22,23). The topological polar surface area (TPSA) is 79.5 Å². The van der Waals surface area contributed by atoms with E-state index in [0.717, 1.165) is 18.7 Å². The van der Waals surface area contributed by atoms with Crippen LogP contribution in [0, 0.1) is 0 Å². The van der Waals surface area contributed by atoms with E-state index in [1.165, 1.54) is 44.6 Å². The van der Waals surface area contributed by atoms with Crippen molar-refractivity contribution >= 4 is 22.6 Å². The molecule has 0 saturated carbocycles. The average Bonchev–Trinajstić information content (AvgIpc) is 2.56. The van der Waals surface area contributed by atoms with Crippen LogP contribution in [0.4, 0.5) is 5.69 Å². The molecule has 0 atom stereocenters. The highest BCUT2D eigenvalue weighted by Gasteiger charge is 2.09. The second kappa shape index (κ2) is 9.87. The first-order valence-electron chi connectivity index (χ1n) is 9.12. The first-order valence-corrected chi connectivity index (χ1v) is 9.12. The lowest BCUT2D eigenvalue weighted by molar-refractivity contribution is -0.136. The molecular weight excluding hydrogens is 318 g/mol. The molecule has 0 aliphatic rings. The summed E-state index contributed by atoms with van der Waals surface area (Å²) in [6.45, 7) is 3.10. The fourth-order valence-corrected chi connectivity index (χ4v) is 2.96. The molecule has 0 unspecified atom stereocenters. The van der Waals surface area contributed by atoms with Gasteiger partial charge in [-0.05, 0) is 24.1 Å². The van der Waals surface area contributed by atoms with Crippen molar-refractivity contribution in [2.24, 2.45) is 0 Å². The average molecular weight is 345 g/mol. The number of hydrogen-bond acceptors (Lipinski definition) is 4. The quantitative estimate of drug-likeness (QED) is 0.460. The van der Waals surface area contributed by atoms with Gasteiger partial charge in [-0.2, -0.15) is 0 Å².